The maximum atomic E-state index is 12.8. The first-order valence-electron chi connectivity index (χ1n) is 7.24. The van der Waals surface area contributed by atoms with E-state index in [1.165, 1.54) is 12.1 Å². The van der Waals surface area contributed by atoms with E-state index in [0.29, 0.717) is 5.71 Å². The van der Waals surface area contributed by atoms with Gasteiger partial charge < -0.3 is 4.52 Å². The summed E-state index contributed by atoms with van der Waals surface area (Å²) in [5.41, 5.74) is 0.104. The summed E-state index contributed by atoms with van der Waals surface area (Å²) in [5, 5.41) is 3.93. The number of rotatable bonds is 3. The molecule has 0 bridgehead atoms. The topological polar surface area (TPSA) is 80.7 Å². The normalized spacial score (nSPS) is 15.1. The molecule has 1 aliphatic heterocycles. The van der Waals surface area contributed by atoms with Gasteiger partial charge in [-0.3, -0.25) is 4.79 Å². The first-order valence-corrected chi connectivity index (χ1v) is 8.23. The largest absolute Gasteiger partial charge is 0.416 e. The summed E-state index contributed by atoms with van der Waals surface area (Å²) in [4.78, 5) is 23.6. The van der Waals surface area contributed by atoms with Gasteiger partial charge in [0.25, 0.3) is 5.91 Å². The summed E-state index contributed by atoms with van der Waals surface area (Å²) in [7, 11) is 0. The molecular formula is C16H11F3N4O2S. The number of carbonyl (C=O) groups is 1. The maximum absolute atomic E-state index is 12.8. The quantitative estimate of drug-likeness (QED) is 0.755. The Bertz CT molecular complexity index is 947. The zero-order chi connectivity index (χ0) is 18.9. The van der Waals surface area contributed by atoms with E-state index >= 15 is 0 Å². The van der Waals surface area contributed by atoms with Gasteiger partial charge in [-0.25, -0.2) is 4.99 Å². The van der Waals surface area contributed by atoms with E-state index in [-0.39, 0.29) is 33.8 Å². The number of alkyl halides is 3. The van der Waals surface area contributed by atoms with Crippen LogP contribution >= 0.6 is 11.8 Å². The fraction of sp³-hybridized carbons (Fsp3) is 0.188. The standard InChI is InChI=1S/C16H11F3N4O2S/c1-8-9(2)20-15(22-14(8)24)26-7-12-21-13(23-25-12)10-4-3-5-11(6-10)16(17,18)19/h3-6H,1,7H2,2H3. The number of amides is 1. The van der Waals surface area contributed by atoms with Crippen molar-refractivity contribution < 1.29 is 22.5 Å². The molecule has 0 saturated carbocycles. The number of aliphatic imine (C=N–C) groups is 2. The first kappa shape index (κ1) is 18.1. The summed E-state index contributed by atoms with van der Waals surface area (Å²) in [5.74, 6) is -0.0761. The second kappa shape index (κ2) is 6.87. The van der Waals surface area contributed by atoms with Crippen molar-refractivity contribution in [3.05, 3.63) is 47.9 Å². The van der Waals surface area contributed by atoms with E-state index in [2.05, 4.69) is 26.7 Å². The first-order chi connectivity index (χ1) is 12.2. The highest BCUT2D eigenvalue weighted by Crippen LogP contribution is 2.31. The number of amidine groups is 1. The molecule has 1 aliphatic rings. The highest BCUT2D eigenvalue weighted by molar-refractivity contribution is 8.13. The predicted octanol–water partition coefficient (Wildman–Crippen LogP) is 3.90. The molecule has 134 valence electrons. The van der Waals surface area contributed by atoms with Gasteiger partial charge >= 0.3 is 6.18 Å². The van der Waals surface area contributed by atoms with Crippen LogP contribution in [0.5, 0.6) is 0 Å². The Kier molecular flexibility index (Phi) is 4.77. The molecule has 0 spiro atoms. The fourth-order valence-corrected chi connectivity index (χ4v) is 2.72. The van der Waals surface area contributed by atoms with Crippen molar-refractivity contribution in [2.75, 3.05) is 0 Å². The van der Waals surface area contributed by atoms with Crippen LogP contribution in [0.2, 0.25) is 0 Å². The molecule has 1 amide bonds. The molecule has 3 rings (SSSR count). The number of thioether (sulfide) groups is 1. The van der Waals surface area contributed by atoms with Crippen molar-refractivity contribution in [3.63, 3.8) is 0 Å². The number of hydrogen-bond acceptors (Lipinski definition) is 6. The Balaban J connectivity index is 1.72. The van der Waals surface area contributed by atoms with Gasteiger partial charge in [0.2, 0.25) is 11.7 Å². The molecule has 0 atom stereocenters. The van der Waals surface area contributed by atoms with Gasteiger partial charge in [0.05, 0.1) is 22.6 Å². The number of aromatic nitrogens is 2. The van der Waals surface area contributed by atoms with E-state index in [1.54, 1.807) is 6.92 Å². The van der Waals surface area contributed by atoms with Crippen molar-refractivity contribution >= 4 is 28.5 Å². The number of carbonyl (C=O) groups excluding carboxylic acids is 1. The lowest BCUT2D eigenvalue weighted by atomic mass is 10.1. The Morgan fingerprint density at radius 1 is 1.27 bits per heavy atom. The van der Waals surface area contributed by atoms with E-state index in [1.807, 2.05) is 0 Å². The molecule has 0 N–H and O–H groups in total. The van der Waals surface area contributed by atoms with Crippen LogP contribution in [0.3, 0.4) is 0 Å². The molecule has 0 saturated heterocycles. The van der Waals surface area contributed by atoms with E-state index < -0.39 is 17.6 Å². The highest BCUT2D eigenvalue weighted by atomic mass is 32.2. The zero-order valence-electron chi connectivity index (χ0n) is 13.4. The summed E-state index contributed by atoms with van der Waals surface area (Å²) < 4.78 is 43.4. The smallest absolute Gasteiger partial charge is 0.338 e. The molecule has 10 heteroatoms. The lowest BCUT2D eigenvalue weighted by Crippen LogP contribution is -2.15. The number of halogens is 3. The molecule has 26 heavy (non-hydrogen) atoms. The van der Waals surface area contributed by atoms with Crippen LogP contribution in [0, 0.1) is 0 Å². The zero-order valence-corrected chi connectivity index (χ0v) is 14.2. The predicted molar refractivity (Wildman–Crippen MR) is 90.7 cm³/mol. The monoisotopic (exact) mass is 380 g/mol. The van der Waals surface area contributed by atoms with E-state index in [0.717, 1.165) is 23.9 Å². The van der Waals surface area contributed by atoms with Crippen LogP contribution in [0.15, 0.2) is 50.9 Å². The van der Waals surface area contributed by atoms with Crippen LogP contribution < -0.4 is 0 Å². The second-order valence-corrected chi connectivity index (χ2v) is 6.20. The molecule has 0 radical (unpaired) electrons. The maximum Gasteiger partial charge on any atom is 0.416 e. The minimum absolute atomic E-state index is 0.0430. The highest BCUT2D eigenvalue weighted by Gasteiger charge is 2.30. The lowest BCUT2D eigenvalue weighted by Gasteiger charge is -2.08. The van der Waals surface area contributed by atoms with Crippen LogP contribution in [-0.4, -0.2) is 26.9 Å². The Morgan fingerprint density at radius 3 is 2.73 bits per heavy atom. The van der Waals surface area contributed by atoms with Gasteiger partial charge in [0, 0.05) is 5.56 Å². The minimum atomic E-state index is -4.45. The Morgan fingerprint density at radius 2 is 2.04 bits per heavy atom. The van der Waals surface area contributed by atoms with Gasteiger partial charge in [-0.1, -0.05) is 35.6 Å². The number of benzene rings is 1. The van der Waals surface area contributed by atoms with Gasteiger partial charge in [0.1, 0.15) is 0 Å². The Labute approximate surface area is 149 Å². The molecule has 1 aromatic heterocycles. The summed E-state index contributed by atoms with van der Waals surface area (Å²) in [6.07, 6.45) is -4.45. The van der Waals surface area contributed by atoms with Gasteiger partial charge in [-0.15, -0.1) is 0 Å². The second-order valence-electron chi connectivity index (χ2n) is 5.25. The van der Waals surface area contributed by atoms with E-state index in [9.17, 15) is 18.0 Å². The molecule has 6 nitrogen and oxygen atoms in total. The average molecular weight is 380 g/mol. The summed E-state index contributed by atoms with van der Waals surface area (Å²) in [6.45, 7) is 5.22. The van der Waals surface area contributed by atoms with Crippen molar-refractivity contribution in [2.24, 2.45) is 9.98 Å². The fourth-order valence-electron chi connectivity index (χ4n) is 2.00. The van der Waals surface area contributed by atoms with E-state index in [4.69, 9.17) is 4.52 Å². The van der Waals surface area contributed by atoms with Crippen LogP contribution in [0.4, 0.5) is 13.2 Å². The summed E-state index contributed by atoms with van der Waals surface area (Å²) >= 11 is 1.10. The minimum Gasteiger partial charge on any atom is -0.338 e. The number of nitrogens with zero attached hydrogens (tertiary/aromatic N) is 4. The lowest BCUT2D eigenvalue weighted by molar-refractivity contribution is -0.137. The molecule has 2 aromatic rings. The molecule has 0 aliphatic carbocycles. The van der Waals surface area contributed by atoms with Crippen molar-refractivity contribution in [3.8, 4) is 11.4 Å². The van der Waals surface area contributed by atoms with Crippen LogP contribution in [0.25, 0.3) is 11.4 Å². The van der Waals surface area contributed by atoms with Gasteiger partial charge in [-0.05, 0) is 19.1 Å². The van der Waals surface area contributed by atoms with Gasteiger partial charge in [-0.2, -0.15) is 23.1 Å². The molecule has 0 fully saturated rings. The van der Waals surface area contributed by atoms with Crippen molar-refractivity contribution in [1.82, 2.24) is 10.1 Å². The third kappa shape index (κ3) is 3.90. The SMILES string of the molecule is C=C1C(=O)N=C(SCc2nc(-c3cccc(C(F)(F)F)c3)no2)N=C1C. The molecular weight excluding hydrogens is 369 g/mol. The van der Waals surface area contributed by atoms with Crippen LogP contribution in [0.1, 0.15) is 18.4 Å². The number of hydrogen-bond donors (Lipinski definition) is 0. The third-order valence-corrected chi connectivity index (χ3v) is 4.23. The van der Waals surface area contributed by atoms with Crippen molar-refractivity contribution in [2.45, 2.75) is 18.9 Å². The molecule has 0 unspecified atom stereocenters. The Hall–Kier alpha value is -2.75. The molecule has 2 heterocycles. The molecule has 1 aromatic carbocycles. The summed E-state index contributed by atoms with van der Waals surface area (Å²) in [6, 6.07) is 4.65. The average Bonchev–Trinajstić information content (AvgIpc) is 3.06. The van der Waals surface area contributed by atoms with Crippen LogP contribution in [-0.2, 0) is 16.7 Å². The van der Waals surface area contributed by atoms with Gasteiger partial charge in [0.15, 0.2) is 5.17 Å². The van der Waals surface area contributed by atoms with Crippen molar-refractivity contribution in [1.29, 1.82) is 0 Å². The third-order valence-electron chi connectivity index (χ3n) is 3.40.